The Balaban J connectivity index is 1.33. The topological polar surface area (TPSA) is 97.0 Å². The largest absolute Gasteiger partial charge is 0.490 e. The number of hydrogen-bond donors (Lipinski definition) is 2. The van der Waals surface area contributed by atoms with Gasteiger partial charge in [0.1, 0.15) is 5.82 Å². The summed E-state index contributed by atoms with van der Waals surface area (Å²) in [6.07, 6.45) is 3.93. The number of nitrogens with one attached hydrogen (secondary N) is 1. The first kappa shape index (κ1) is 20.8. The molecule has 0 bridgehead atoms. The molecule has 3 N–H and O–H groups in total. The van der Waals surface area contributed by atoms with E-state index in [1.54, 1.807) is 11.1 Å². The zero-order chi connectivity index (χ0) is 22.0. The van der Waals surface area contributed by atoms with Gasteiger partial charge in [-0.2, -0.15) is 0 Å². The Morgan fingerprint density at radius 1 is 1.26 bits per heavy atom. The van der Waals surface area contributed by atoms with E-state index in [2.05, 4.69) is 10.3 Å². The first-order chi connectivity index (χ1) is 14.9. The highest BCUT2D eigenvalue weighted by Crippen LogP contribution is 2.33. The number of halogens is 2. The summed E-state index contributed by atoms with van der Waals surface area (Å²) in [6, 6.07) is 6.45. The third-order valence-corrected chi connectivity index (χ3v) is 5.31. The quantitative estimate of drug-likeness (QED) is 0.542. The molecule has 0 spiro atoms. The summed E-state index contributed by atoms with van der Waals surface area (Å²) in [5.41, 5.74) is 6.42. The van der Waals surface area contributed by atoms with Crippen molar-refractivity contribution in [1.82, 2.24) is 4.90 Å². The fourth-order valence-corrected chi connectivity index (χ4v) is 3.71. The maximum Gasteiger partial charge on any atom is 0.256 e. The van der Waals surface area contributed by atoms with Crippen molar-refractivity contribution in [2.75, 3.05) is 24.2 Å². The van der Waals surface area contributed by atoms with Crippen molar-refractivity contribution in [1.29, 1.82) is 0 Å². The monoisotopic (exact) mass is 428 g/mol. The van der Waals surface area contributed by atoms with Gasteiger partial charge < -0.3 is 20.7 Å². The van der Waals surface area contributed by atoms with Crippen molar-refractivity contribution in [3.05, 3.63) is 47.5 Å². The molecule has 2 amide bonds. The van der Waals surface area contributed by atoms with E-state index in [4.69, 9.17) is 10.5 Å². The first-order valence-electron chi connectivity index (χ1n) is 10.1. The summed E-state index contributed by atoms with van der Waals surface area (Å²) < 4.78 is 33.2. The Morgan fingerprint density at radius 3 is 2.90 bits per heavy atom. The van der Waals surface area contributed by atoms with Crippen LogP contribution in [0, 0.1) is 11.6 Å². The number of carbonyl (C=O) groups is 2. The highest BCUT2D eigenvalue weighted by molar-refractivity contribution is 6.03. The highest BCUT2D eigenvalue weighted by atomic mass is 19.1. The first-order valence-corrected chi connectivity index (χ1v) is 10.1. The Hall–Kier alpha value is -3.49. The van der Waals surface area contributed by atoms with Crippen LogP contribution in [-0.2, 0) is 4.79 Å². The molecule has 2 aliphatic rings. The molecule has 162 valence electrons. The number of rotatable bonds is 6. The average Bonchev–Trinajstić information content (AvgIpc) is 3.17. The molecule has 7 nitrogen and oxygen atoms in total. The molecule has 0 saturated carbocycles. The fourth-order valence-electron chi connectivity index (χ4n) is 3.71. The number of hydrogen-bond acceptors (Lipinski definition) is 5. The number of anilines is 2. The lowest BCUT2D eigenvalue weighted by molar-refractivity contribution is -0.116. The molecule has 2 aromatic carbocycles. The van der Waals surface area contributed by atoms with E-state index in [-0.39, 0.29) is 47.9 Å². The van der Waals surface area contributed by atoms with Crippen LogP contribution in [0.2, 0.25) is 0 Å². The maximum atomic E-state index is 14.5. The number of nitrogens with two attached hydrogens (primary N) is 1. The van der Waals surface area contributed by atoms with Crippen molar-refractivity contribution in [3.63, 3.8) is 0 Å². The van der Waals surface area contributed by atoms with Gasteiger partial charge >= 0.3 is 0 Å². The number of nitrogens with zero attached hydrogens (tertiary/aromatic N) is 2. The molecule has 1 atom stereocenters. The van der Waals surface area contributed by atoms with Gasteiger partial charge in [-0.1, -0.05) is 0 Å². The van der Waals surface area contributed by atoms with Gasteiger partial charge in [-0.15, -0.1) is 0 Å². The average molecular weight is 428 g/mol. The SMILES string of the molecule is Nc1cc(NC(=O)CCCOc2cc3c(cc2F)C(=O)N2CCC[C@H]2C=N3)ccc1F. The van der Waals surface area contributed by atoms with E-state index >= 15 is 0 Å². The summed E-state index contributed by atoms with van der Waals surface area (Å²) >= 11 is 0. The predicted molar refractivity (Wildman–Crippen MR) is 113 cm³/mol. The van der Waals surface area contributed by atoms with E-state index in [0.29, 0.717) is 24.3 Å². The van der Waals surface area contributed by atoms with E-state index in [1.807, 2.05) is 0 Å². The summed E-state index contributed by atoms with van der Waals surface area (Å²) in [4.78, 5) is 30.8. The van der Waals surface area contributed by atoms with E-state index < -0.39 is 11.6 Å². The van der Waals surface area contributed by atoms with Crippen LogP contribution < -0.4 is 15.8 Å². The molecule has 2 heterocycles. The zero-order valence-corrected chi connectivity index (χ0v) is 16.7. The Labute approximate surface area is 177 Å². The summed E-state index contributed by atoms with van der Waals surface area (Å²) in [7, 11) is 0. The van der Waals surface area contributed by atoms with E-state index in [0.717, 1.165) is 18.9 Å². The number of nitrogen functional groups attached to an aromatic ring is 1. The van der Waals surface area contributed by atoms with Crippen LogP contribution in [0.1, 0.15) is 36.0 Å². The van der Waals surface area contributed by atoms with Gasteiger partial charge in [-0.3, -0.25) is 14.6 Å². The molecule has 0 radical (unpaired) electrons. The van der Waals surface area contributed by atoms with Crippen LogP contribution in [0.15, 0.2) is 35.3 Å². The highest BCUT2D eigenvalue weighted by Gasteiger charge is 2.32. The van der Waals surface area contributed by atoms with Gasteiger partial charge in [0.15, 0.2) is 11.6 Å². The van der Waals surface area contributed by atoms with Gasteiger partial charge in [-0.25, -0.2) is 8.78 Å². The molecular formula is C22H22F2N4O3. The van der Waals surface area contributed by atoms with Gasteiger partial charge in [0.2, 0.25) is 5.91 Å². The van der Waals surface area contributed by atoms with Crippen molar-refractivity contribution < 1.29 is 23.1 Å². The second-order valence-electron chi connectivity index (χ2n) is 7.52. The second-order valence-corrected chi connectivity index (χ2v) is 7.52. The molecule has 0 aromatic heterocycles. The minimum Gasteiger partial charge on any atom is -0.490 e. The lowest BCUT2D eigenvalue weighted by Gasteiger charge is -2.20. The van der Waals surface area contributed by atoms with Crippen LogP contribution in [0.25, 0.3) is 0 Å². The molecule has 2 aliphatic heterocycles. The zero-order valence-electron chi connectivity index (χ0n) is 16.7. The lowest BCUT2D eigenvalue weighted by Crippen LogP contribution is -2.35. The van der Waals surface area contributed by atoms with Gasteiger partial charge in [0, 0.05) is 30.9 Å². The van der Waals surface area contributed by atoms with Crippen LogP contribution in [-0.4, -0.2) is 42.1 Å². The van der Waals surface area contributed by atoms with Crippen molar-refractivity contribution in [2.45, 2.75) is 31.7 Å². The number of ether oxygens (including phenoxy) is 1. The van der Waals surface area contributed by atoms with Crippen LogP contribution >= 0.6 is 0 Å². The molecule has 0 unspecified atom stereocenters. The van der Waals surface area contributed by atoms with Gasteiger partial charge in [0.05, 0.1) is 29.6 Å². The van der Waals surface area contributed by atoms with Gasteiger partial charge in [-0.05, 0) is 43.5 Å². The van der Waals surface area contributed by atoms with E-state index in [1.165, 1.54) is 24.3 Å². The number of benzene rings is 2. The standard InChI is InChI=1S/C22H22F2N4O3/c23-16-6-5-13(9-18(16)25)27-21(29)4-2-8-31-20-11-19-15(10-17(20)24)22(30)28-7-1-3-14(28)12-26-19/h5-6,9-12,14H,1-4,7-8,25H2,(H,27,29)/t14-/m0/s1. The minimum absolute atomic E-state index is 0.0162. The smallest absolute Gasteiger partial charge is 0.256 e. The van der Waals surface area contributed by atoms with Crippen molar-refractivity contribution >= 4 is 35.1 Å². The summed E-state index contributed by atoms with van der Waals surface area (Å²) in [5, 5.41) is 2.62. The van der Waals surface area contributed by atoms with E-state index in [9.17, 15) is 18.4 Å². The number of aliphatic imine (C=N–C) groups is 1. The van der Waals surface area contributed by atoms with Crippen LogP contribution in [0.4, 0.5) is 25.8 Å². The molecule has 1 fully saturated rings. The van der Waals surface area contributed by atoms with Crippen molar-refractivity contribution in [2.24, 2.45) is 4.99 Å². The molecule has 2 aromatic rings. The predicted octanol–water partition coefficient (Wildman–Crippen LogP) is 3.67. The number of carbonyl (C=O) groups excluding carboxylic acids is 2. The Morgan fingerprint density at radius 2 is 2.10 bits per heavy atom. The molecular weight excluding hydrogens is 406 g/mol. The second kappa shape index (κ2) is 8.71. The third kappa shape index (κ3) is 4.50. The molecule has 0 aliphatic carbocycles. The van der Waals surface area contributed by atoms with Crippen molar-refractivity contribution in [3.8, 4) is 5.75 Å². The lowest BCUT2D eigenvalue weighted by atomic mass is 10.1. The minimum atomic E-state index is -0.647. The maximum absolute atomic E-state index is 14.5. The van der Waals surface area contributed by atoms with Gasteiger partial charge in [0.25, 0.3) is 5.91 Å². The fraction of sp³-hybridized carbons (Fsp3) is 0.318. The molecule has 9 heteroatoms. The Kier molecular flexibility index (Phi) is 5.83. The summed E-state index contributed by atoms with van der Waals surface area (Å²) in [6.45, 7) is 0.739. The molecule has 31 heavy (non-hydrogen) atoms. The van der Waals surface area contributed by atoms with Crippen LogP contribution in [0.3, 0.4) is 0 Å². The van der Waals surface area contributed by atoms with Crippen LogP contribution in [0.5, 0.6) is 5.75 Å². The number of fused-ring (bicyclic) bond motifs is 2. The molecule has 4 rings (SSSR count). The number of amides is 2. The third-order valence-electron chi connectivity index (χ3n) is 5.31. The Bertz CT molecular complexity index is 1060. The molecule has 1 saturated heterocycles. The summed E-state index contributed by atoms with van der Waals surface area (Å²) in [5.74, 6) is -1.74. The normalized spacial score (nSPS) is 17.2.